The molecule has 0 saturated heterocycles. The molecule has 1 fully saturated rings. The summed E-state index contributed by atoms with van der Waals surface area (Å²) >= 11 is 6.10. The number of benzene rings is 3. The van der Waals surface area contributed by atoms with Crippen molar-refractivity contribution in [2.75, 3.05) is 25.1 Å². The van der Waals surface area contributed by atoms with Crippen molar-refractivity contribution in [1.29, 1.82) is 0 Å². The summed E-state index contributed by atoms with van der Waals surface area (Å²) in [5.74, 6) is -0.218. The molecule has 1 unspecified atom stereocenters. The monoisotopic (exact) mass is 613 g/mol. The molecule has 42 heavy (non-hydrogen) atoms. The molecule has 1 saturated carbocycles. The van der Waals surface area contributed by atoms with E-state index in [4.69, 9.17) is 21.1 Å². The van der Waals surface area contributed by atoms with E-state index in [1.807, 2.05) is 30.3 Å². The summed E-state index contributed by atoms with van der Waals surface area (Å²) in [7, 11) is -1.42. The van der Waals surface area contributed by atoms with Crippen molar-refractivity contribution in [2.45, 2.75) is 56.1 Å². The minimum atomic E-state index is -4.28. The highest BCUT2D eigenvalue weighted by atomic mass is 35.5. The molecule has 0 aliphatic heterocycles. The molecule has 0 spiro atoms. The summed E-state index contributed by atoms with van der Waals surface area (Å²) in [5, 5.41) is 3.48. The lowest BCUT2D eigenvalue weighted by atomic mass is 10.1. The molecule has 11 heteroatoms. The van der Waals surface area contributed by atoms with Crippen molar-refractivity contribution in [1.82, 2.24) is 10.2 Å². The molecule has 0 aromatic heterocycles. The zero-order valence-corrected chi connectivity index (χ0v) is 25.5. The fraction of sp³-hybridized carbons (Fsp3) is 0.355. The number of halogens is 1. The van der Waals surface area contributed by atoms with Gasteiger partial charge >= 0.3 is 0 Å². The molecule has 224 valence electrons. The quantitative estimate of drug-likeness (QED) is 0.307. The number of ether oxygens (including phenoxy) is 2. The highest BCUT2D eigenvalue weighted by Gasteiger charge is 2.33. The second kappa shape index (κ2) is 13.9. The Bertz CT molecular complexity index is 1480. The van der Waals surface area contributed by atoms with Crippen LogP contribution in [-0.2, 0) is 26.2 Å². The molecule has 4 rings (SSSR count). The molecule has 1 aliphatic carbocycles. The lowest BCUT2D eigenvalue weighted by molar-refractivity contribution is -0.139. The van der Waals surface area contributed by atoms with Gasteiger partial charge in [0.15, 0.2) is 11.5 Å². The molecule has 1 aliphatic rings. The van der Waals surface area contributed by atoms with Gasteiger partial charge in [0.05, 0.1) is 24.8 Å². The molecular weight excluding hydrogens is 578 g/mol. The second-order valence-corrected chi connectivity index (χ2v) is 12.5. The average Bonchev–Trinajstić information content (AvgIpc) is 3.51. The van der Waals surface area contributed by atoms with Gasteiger partial charge in [0, 0.05) is 23.7 Å². The van der Waals surface area contributed by atoms with Crippen LogP contribution in [0.4, 0.5) is 5.69 Å². The Kier molecular flexibility index (Phi) is 10.3. The molecule has 0 heterocycles. The van der Waals surface area contributed by atoms with Gasteiger partial charge < -0.3 is 19.7 Å². The van der Waals surface area contributed by atoms with E-state index in [9.17, 15) is 18.0 Å². The number of methoxy groups -OCH3 is 2. The zero-order chi connectivity index (χ0) is 30.3. The lowest BCUT2D eigenvalue weighted by Crippen LogP contribution is -2.52. The van der Waals surface area contributed by atoms with Crippen molar-refractivity contribution >= 4 is 39.1 Å². The Morgan fingerprint density at radius 1 is 0.952 bits per heavy atom. The van der Waals surface area contributed by atoms with Gasteiger partial charge in [-0.15, -0.1) is 0 Å². The molecule has 3 aromatic rings. The number of sulfonamides is 1. The number of nitrogens with zero attached hydrogens (tertiary/aromatic N) is 2. The number of hydrogen-bond acceptors (Lipinski definition) is 6. The molecule has 1 N–H and O–H groups in total. The lowest BCUT2D eigenvalue weighted by Gasteiger charge is -2.32. The van der Waals surface area contributed by atoms with E-state index >= 15 is 0 Å². The molecule has 0 radical (unpaired) electrons. The van der Waals surface area contributed by atoms with Gasteiger partial charge in [-0.2, -0.15) is 0 Å². The summed E-state index contributed by atoms with van der Waals surface area (Å²) in [5.41, 5.74) is 1.05. The maximum atomic E-state index is 14.1. The summed E-state index contributed by atoms with van der Waals surface area (Å²) in [4.78, 5) is 28.7. The van der Waals surface area contributed by atoms with Crippen molar-refractivity contribution < 1.29 is 27.5 Å². The van der Waals surface area contributed by atoms with Crippen LogP contribution in [0.15, 0.2) is 77.7 Å². The molecule has 1 atom stereocenters. The molecule has 0 bridgehead atoms. The summed E-state index contributed by atoms with van der Waals surface area (Å²) in [6.07, 6.45) is 3.91. The van der Waals surface area contributed by atoms with Crippen LogP contribution in [0, 0.1) is 0 Å². The van der Waals surface area contributed by atoms with Crippen LogP contribution >= 0.6 is 11.6 Å². The Morgan fingerprint density at radius 2 is 1.60 bits per heavy atom. The van der Waals surface area contributed by atoms with E-state index in [1.165, 1.54) is 49.5 Å². The topological polar surface area (TPSA) is 105 Å². The van der Waals surface area contributed by atoms with E-state index in [0.717, 1.165) is 35.6 Å². The van der Waals surface area contributed by atoms with E-state index < -0.39 is 28.5 Å². The normalized spacial score (nSPS) is 14.2. The third kappa shape index (κ3) is 7.35. The number of nitrogens with one attached hydrogen (secondary N) is 1. The van der Waals surface area contributed by atoms with Crippen molar-refractivity contribution in [3.8, 4) is 11.5 Å². The maximum absolute atomic E-state index is 14.1. The van der Waals surface area contributed by atoms with Crippen molar-refractivity contribution in [3.63, 3.8) is 0 Å². The third-order valence-electron chi connectivity index (χ3n) is 7.40. The first kappa shape index (κ1) is 31.2. The average molecular weight is 614 g/mol. The first-order chi connectivity index (χ1) is 20.1. The molecule has 2 amide bonds. The number of anilines is 1. The highest BCUT2D eigenvalue weighted by Crippen LogP contribution is 2.33. The van der Waals surface area contributed by atoms with Crippen LogP contribution in [0.25, 0.3) is 0 Å². The first-order valence-corrected chi connectivity index (χ1v) is 15.6. The van der Waals surface area contributed by atoms with Crippen LogP contribution in [0.1, 0.15) is 38.2 Å². The second-order valence-electron chi connectivity index (χ2n) is 10.2. The molecular formula is C31H36ClN3O6S. The third-order valence-corrected chi connectivity index (χ3v) is 9.42. The molecule has 9 nitrogen and oxygen atoms in total. The van der Waals surface area contributed by atoms with E-state index in [-0.39, 0.29) is 34.8 Å². The Labute approximate surface area is 252 Å². The number of carbonyl (C=O) groups is 2. The fourth-order valence-corrected chi connectivity index (χ4v) is 6.55. The largest absolute Gasteiger partial charge is 0.493 e. The predicted octanol–water partition coefficient (Wildman–Crippen LogP) is 5.03. The van der Waals surface area contributed by atoms with Gasteiger partial charge in [0.25, 0.3) is 10.0 Å². The van der Waals surface area contributed by atoms with Gasteiger partial charge in [-0.25, -0.2) is 8.42 Å². The zero-order valence-electron chi connectivity index (χ0n) is 24.0. The molecule has 3 aromatic carbocycles. The van der Waals surface area contributed by atoms with Gasteiger partial charge in [-0.3, -0.25) is 13.9 Å². The predicted molar refractivity (Wildman–Crippen MR) is 162 cm³/mol. The SMILES string of the molecule is COc1ccc(S(=O)(=O)N(CC(=O)N(Cc2ccccc2)C(C)C(=O)NC2CCCC2)c2ccc(Cl)cc2)cc1OC. The first-order valence-electron chi connectivity index (χ1n) is 13.8. The summed E-state index contributed by atoms with van der Waals surface area (Å²) in [6.45, 7) is 1.25. The van der Waals surface area contributed by atoms with Gasteiger partial charge in [-0.1, -0.05) is 54.8 Å². The van der Waals surface area contributed by atoms with Crippen LogP contribution < -0.4 is 19.1 Å². The van der Waals surface area contributed by atoms with Crippen LogP contribution in [0.2, 0.25) is 5.02 Å². The van der Waals surface area contributed by atoms with Crippen molar-refractivity contribution in [2.24, 2.45) is 0 Å². The van der Waals surface area contributed by atoms with Crippen LogP contribution in [0.5, 0.6) is 11.5 Å². The Balaban J connectivity index is 1.70. The number of carbonyl (C=O) groups excluding carboxylic acids is 2. The van der Waals surface area contributed by atoms with Gasteiger partial charge in [0.2, 0.25) is 11.8 Å². The Hall–Kier alpha value is -3.76. The number of amides is 2. The highest BCUT2D eigenvalue weighted by molar-refractivity contribution is 7.92. The number of hydrogen-bond donors (Lipinski definition) is 1. The Morgan fingerprint density at radius 3 is 2.21 bits per heavy atom. The maximum Gasteiger partial charge on any atom is 0.264 e. The van der Waals surface area contributed by atoms with E-state index in [0.29, 0.717) is 10.8 Å². The van der Waals surface area contributed by atoms with Gasteiger partial charge in [-0.05, 0) is 61.7 Å². The minimum absolute atomic E-state index is 0.0737. The van der Waals surface area contributed by atoms with Crippen LogP contribution in [0.3, 0.4) is 0 Å². The van der Waals surface area contributed by atoms with Gasteiger partial charge in [0.1, 0.15) is 12.6 Å². The smallest absolute Gasteiger partial charge is 0.264 e. The standard InChI is InChI=1S/C31H36ClN3O6S/c1-22(31(37)33-25-11-7-8-12-25)34(20-23-9-5-4-6-10-23)30(36)21-35(26-15-13-24(32)14-16-26)42(38,39)27-17-18-28(40-2)29(19-27)41-3/h4-6,9-10,13-19,22,25H,7-8,11-12,20-21H2,1-3H3,(H,33,37). The number of rotatable bonds is 12. The van der Waals surface area contributed by atoms with Crippen molar-refractivity contribution in [3.05, 3.63) is 83.4 Å². The summed E-state index contributed by atoms with van der Waals surface area (Å²) in [6, 6.07) is 18.9. The van der Waals surface area contributed by atoms with E-state index in [2.05, 4.69) is 5.32 Å². The fourth-order valence-electron chi connectivity index (χ4n) is 4.99. The van der Waals surface area contributed by atoms with Crippen LogP contribution in [-0.4, -0.2) is 58.0 Å². The summed E-state index contributed by atoms with van der Waals surface area (Å²) < 4.78 is 39.8. The minimum Gasteiger partial charge on any atom is -0.493 e. The van der Waals surface area contributed by atoms with E-state index in [1.54, 1.807) is 19.1 Å².